The summed E-state index contributed by atoms with van der Waals surface area (Å²) >= 11 is 3.47. The van der Waals surface area contributed by atoms with Crippen LogP contribution in [0.2, 0.25) is 0 Å². The molecule has 2 N–H and O–H groups in total. The second kappa shape index (κ2) is 3.79. The van der Waals surface area contributed by atoms with Crippen molar-refractivity contribution < 1.29 is 9.47 Å². The van der Waals surface area contributed by atoms with Gasteiger partial charge in [0.2, 0.25) is 0 Å². The summed E-state index contributed by atoms with van der Waals surface area (Å²) in [5, 5.41) is 0. The second-order valence-corrected chi connectivity index (χ2v) is 4.04. The molecule has 0 bridgehead atoms. The number of fused-ring (bicyclic) bond motifs is 1. The maximum atomic E-state index is 5.69. The Kier molecular flexibility index (Phi) is 2.65. The number of nitrogens with two attached hydrogens (primary N) is 1. The zero-order valence-electron chi connectivity index (χ0n) is 7.97. The fraction of sp³-hybridized carbons (Fsp3) is 0.400. The van der Waals surface area contributed by atoms with Gasteiger partial charge in [0.15, 0.2) is 11.5 Å². The van der Waals surface area contributed by atoms with Gasteiger partial charge in [-0.1, -0.05) is 15.9 Å². The largest absolute Gasteiger partial charge is 0.486 e. The first-order chi connectivity index (χ1) is 6.74. The van der Waals surface area contributed by atoms with Crippen molar-refractivity contribution in [2.24, 2.45) is 5.73 Å². The molecule has 0 amide bonds. The summed E-state index contributed by atoms with van der Waals surface area (Å²) in [7, 11) is 0. The van der Waals surface area contributed by atoms with Crippen LogP contribution in [0.5, 0.6) is 11.5 Å². The van der Waals surface area contributed by atoms with E-state index >= 15 is 0 Å². The molecule has 0 unspecified atom stereocenters. The third kappa shape index (κ3) is 1.48. The molecule has 1 heterocycles. The van der Waals surface area contributed by atoms with Crippen molar-refractivity contribution in [1.82, 2.24) is 0 Å². The molecule has 0 atom stereocenters. The number of ether oxygens (including phenoxy) is 2. The molecule has 3 nitrogen and oxygen atoms in total. The lowest BCUT2D eigenvalue weighted by Crippen LogP contribution is -2.18. The lowest BCUT2D eigenvalue weighted by atomic mass is 10.1. The minimum atomic E-state index is 0.469. The van der Waals surface area contributed by atoms with Gasteiger partial charge < -0.3 is 15.2 Å². The van der Waals surface area contributed by atoms with Crippen molar-refractivity contribution in [3.63, 3.8) is 0 Å². The fourth-order valence-corrected chi connectivity index (χ4v) is 2.01. The van der Waals surface area contributed by atoms with Gasteiger partial charge >= 0.3 is 0 Å². The van der Waals surface area contributed by atoms with Gasteiger partial charge in [-0.3, -0.25) is 0 Å². The lowest BCUT2D eigenvalue weighted by molar-refractivity contribution is 0.169. The summed E-state index contributed by atoms with van der Waals surface area (Å²) in [6, 6.07) is 1.93. The molecule has 1 aliphatic heterocycles. The van der Waals surface area contributed by atoms with Crippen LogP contribution < -0.4 is 15.2 Å². The van der Waals surface area contributed by atoms with Crippen molar-refractivity contribution >= 4 is 15.9 Å². The van der Waals surface area contributed by atoms with Gasteiger partial charge in [0.25, 0.3) is 0 Å². The second-order valence-electron chi connectivity index (χ2n) is 3.19. The van der Waals surface area contributed by atoms with Gasteiger partial charge in [-0.25, -0.2) is 0 Å². The van der Waals surface area contributed by atoms with E-state index in [1.165, 1.54) is 0 Å². The maximum absolute atomic E-state index is 5.69. The zero-order chi connectivity index (χ0) is 10.1. The van der Waals surface area contributed by atoms with Gasteiger partial charge in [-0.15, -0.1) is 0 Å². The molecular formula is C10H12BrNO2. The monoisotopic (exact) mass is 257 g/mol. The zero-order valence-corrected chi connectivity index (χ0v) is 9.56. The number of hydrogen-bond donors (Lipinski definition) is 1. The van der Waals surface area contributed by atoms with E-state index in [0.717, 1.165) is 27.1 Å². The summed E-state index contributed by atoms with van der Waals surface area (Å²) in [5.74, 6) is 1.59. The predicted molar refractivity (Wildman–Crippen MR) is 57.8 cm³/mol. The van der Waals surface area contributed by atoms with E-state index in [-0.39, 0.29) is 0 Å². The van der Waals surface area contributed by atoms with Crippen molar-refractivity contribution in [3.05, 3.63) is 21.7 Å². The van der Waals surface area contributed by atoms with E-state index in [4.69, 9.17) is 15.2 Å². The van der Waals surface area contributed by atoms with E-state index in [1.807, 2.05) is 13.0 Å². The highest BCUT2D eigenvalue weighted by atomic mass is 79.9. The summed E-state index contributed by atoms with van der Waals surface area (Å²) in [6.45, 7) is 3.69. The Balaban J connectivity index is 2.60. The Morgan fingerprint density at radius 2 is 2.14 bits per heavy atom. The summed E-state index contributed by atoms with van der Waals surface area (Å²) < 4.78 is 12.1. The Bertz CT molecular complexity index is 366. The average molecular weight is 258 g/mol. The predicted octanol–water partition coefficient (Wildman–Crippen LogP) is 1.99. The molecule has 2 rings (SSSR count). The van der Waals surface area contributed by atoms with Crippen molar-refractivity contribution in [2.45, 2.75) is 13.5 Å². The molecule has 14 heavy (non-hydrogen) atoms. The van der Waals surface area contributed by atoms with E-state index in [2.05, 4.69) is 15.9 Å². The van der Waals surface area contributed by atoms with E-state index < -0.39 is 0 Å². The Morgan fingerprint density at radius 3 is 2.86 bits per heavy atom. The smallest absolute Gasteiger partial charge is 0.166 e. The SMILES string of the molecule is Cc1c(Br)cc2c(c1CN)OCCO2. The molecular weight excluding hydrogens is 246 g/mol. The molecule has 0 saturated heterocycles. The van der Waals surface area contributed by atoms with E-state index in [9.17, 15) is 0 Å². The number of rotatable bonds is 1. The first-order valence-electron chi connectivity index (χ1n) is 4.51. The number of halogens is 1. The van der Waals surface area contributed by atoms with Crippen LogP contribution in [-0.4, -0.2) is 13.2 Å². The van der Waals surface area contributed by atoms with Gasteiger partial charge in [-0.2, -0.15) is 0 Å². The molecule has 1 aliphatic rings. The molecule has 0 saturated carbocycles. The van der Waals surface area contributed by atoms with Crippen molar-refractivity contribution in [2.75, 3.05) is 13.2 Å². The van der Waals surface area contributed by atoms with Crippen molar-refractivity contribution in [3.8, 4) is 11.5 Å². The lowest BCUT2D eigenvalue weighted by Gasteiger charge is -2.22. The minimum Gasteiger partial charge on any atom is -0.486 e. The van der Waals surface area contributed by atoms with E-state index in [1.54, 1.807) is 0 Å². The minimum absolute atomic E-state index is 0.469. The molecule has 76 valence electrons. The third-order valence-electron chi connectivity index (χ3n) is 2.36. The first kappa shape index (κ1) is 9.80. The molecule has 0 spiro atoms. The molecule has 1 aromatic carbocycles. The van der Waals surface area contributed by atoms with Crippen LogP contribution in [0.25, 0.3) is 0 Å². The topological polar surface area (TPSA) is 44.5 Å². The first-order valence-corrected chi connectivity index (χ1v) is 5.31. The fourth-order valence-electron chi connectivity index (χ4n) is 1.56. The quantitative estimate of drug-likeness (QED) is 0.837. The molecule has 0 radical (unpaired) electrons. The highest BCUT2D eigenvalue weighted by Crippen LogP contribution is 2.39. The van der Waals surface area contributed by atoms with Crippen LogP contribution in [0, 0.1) is 6.92 Å². The molecule has 1 aromatic rings. The maximum Gasteiger partial charge on any atom is 0.166 e. The summed E-state index contributed by atoms with van der Waals surface area (Å²) in [4.78, 5) is 0. The summed E-state index contributed by atoms with van der Waals surface area (Å²) in [6.07, 6.45) is 0. The van der Waals surface area contributed by atoms with Gasteiger partial charge in [0.05, 0.1) is 0 Å². The van der Waals surface area contributed by atoms with Crippen LogP contribution in [-0.2, 0) is 6.54 Å². The Labute approximate surface area is 91.3 Å². The Hall–Kier alpha value is -0.740. The summed E-state index contributed by atoms with van der Waals surface area (Å²) in [5.41, 5.74) is 7.83. The standard InChI is InChI=1S/C10H12BrNO2/c1-6-7(5-12)10-9(4-8(6)11)13-2-3-14-10/h4H,2-3,5,12H2,1H3. The highest BCUT2D eigenvalue weighted by Gasteiger charge is 2.18. The number of hydrogen-bond acceptors (Lipinski definition) is 3. The molecule has 0 fully saturated rings. The molecule has 0 aromatic heterocycles. The average Bonchev–Trinajstić information content (AvgIpc) is 2.20. The molecule has 0 aliphatic carbocycles. The van der Waals surface area contributed by atoms with Crippen LogP contribution >= 0.6 is 15.9 Å². The highest BCUT2D eigenvalue weighted by molar-refractivity contribution is 9.10. The van der Waals surface area contributed by atoms with Crippen LogP contribution in [0.15, 0.2) is 10.5 Å². The number of benzene rings is 1. The third-order valence-corrected chi connectivity index (χ3v) is 3.18. The van der Waals surface area contributed by atoms with Crippen LogP contribution in [0.3, 0.4) is 0 Å². The van der Waals surface area contributed by atoms with Gasteiger partial charge in [-0.05, 0) is 18.6 Å². The van der Waals surface area contributed by atoms with Crippen molar-refractivity contribution in [1.29, 1.82) is 0 Å². The molecule has 4 heteroatoms. The normalized spacial score (nSPS) is 14.2. The van der Waals surface area contributed by atoms with Crippen LogP contribution in [0.4, 0.5) is 0 Å². The van der Waals surface area contributed by atoms with Gasteiger partial charge in [0, 0.05) is 16.6 Å². The van der Waals surface area contributed by atoms with Crippen LogP contribution in [0.1, 0.15) is 11.1 Å². The van der Waals surface area contributed by atoms with E-state index in [0.29, 0.717) is 19.8 Å². The van der Waals surface area contributed by atoms with Gasteiger partial charge in [0.1, 0.15) is 13.2 Å². The Morgan fingerprint density at radius 1 is 1.43 bits per heavy atom.